The fourth-order valence-corrected chi connectivity index (χ4v) is 2.96. The van der Waals surface area contributed by atoms with Crippen LogP contribution in [0.2, 0.25) is 0 Å². The van der Waals surface area contributed by atoms with Gasteiger partial charge in [-0.2, -0.15) is 0 Å². The molecule has 2 aliphatic rings. The molecule has 1 spiro atoms. The number of hydrogen-bond acceptors (Lipinski definition) is 3. The molecule has 0 atom stereocenters. The first-order chi connectivity index (χ1) is 8.69. The topological polar surface area (TPSA) is 61.3 Å². The SMILES string of the molecule is Nc1ccc2c(c1)Oc1ccc(N)cc1C21CC1. The Bertz CT molecular complexity index is 660. The molecule has 0 amide bonds. The molecule has 1 aliphatic carbocycles. The summed E-state index contributed by atoms with van der Waals surface area (Å²) in [6.07, 6.45) is 2.31. The molecule has 0 bridgehead atoms. The largest absolute Gasteiger partial charge is 0.457 e. The van der Waals surface area contributed by atoms with E-state index in [1.165, 1.54) is 11.1 Å². The van der Waals surface area contributed by atoms with Crippen molar-refractivity contribution in [3.05, 3.63) is 47.5 Å². The minimum atomic E-state index is 0.117. The van der Waals surface area contributed by atoms with Crippen LogP contribution in [0.1, 0.15) is 24.0 Å². The zero-order chi connectivity index (χ0) is 12.3. The molecule has 0 unspecified atom stereocenters. The van der Waals surface area contributed by atoms with Crippen LogP contribution < -0.4 is 16.2 Å². The molecule has 3 nitrogen and oxygen atoms in total. The standard InChI is InChI=1S/C15H14N2O/c16-9-2-4-13-12(7-9)15(5-6-15)11-3-1-10(17)8-14(11)18-13/h1-4,7-8H,5-6,16-17H2. The van der Waals surface area contributed by atoms with Crippen LogP contribution in [-0.2, 0) is 5.41 Å². The molecule has 18 heavy (non-hydrogen) atoms. The van der Waals surface area contributed by atoms with E-state index >= 15 is 0 Å². The maximum Gasteiger partial charge on any atom is 0.133 e. The predicted molar refractivity (Wildman–Crippen MR) is 71.8 cm³/mol. The van der Waals surface area contributed by atoms with E-state index in [0.717, 1.165) is 35.7 Å². The fraction of sp³-hybridized carbons (Fsp3) is 0.200. The summed E-state index contributed by atoms with van der Waals surface area (Å²) in [4.78, 5) is 0. The monoisotopic (exact) mass is 238 g/mol. The molecule has 0 aromatic heterocycles. The minimum Gasteiger partial charge on any atom is -0.457 e. The number of benzene rings is 2. The molecule has 1 heterocycles. The third-order valence-corrected chi connectivity index (χ3v) is 4.01. The van der Waals surface area contributed by atoms with Gasteiger partial charge in [0.15, 0.2) is 0 Å². The van der Waals surface area contributed by atoms with Crippen LogP contribution in [0, 0.1) is 0 Å². The van der Waals surface area contributed by atoms with Gasteiger partial charge in [0.2, 0.25) is 0 Å². The smallest absolute Gasteiger partial charge is 0.133 e. The van der Waals surface area contributed by atoms with Crippen LogP contribution >= 0.6 is 0 Å². The van der Waals surface area contributed by atoms with Crippen molar-refractivity contribution >= 4 is 11.4 Å². The first-order valence-electron chi connectivity index (χ1n) is 6.17. The average Bonchev–Trinajstić information content (AvgIpc) is 3.12. The van der Waals surface area contributed by atoms with Gasteiger partial charge in [-0.05, 0) is 37.1 Å². The van der Waals surface area contributed by atoms with Crippen LogP contribution in [0.4, 0.5) is 11.4 Å². The fourth-order valence-electron chi connectivity index (χ4n) is 2.96. The van der Waals surface area contributed by atoms with Crippen molar-refractivity contribution in [2.45, 2.75) is 18.3 Å². The molecule has 1 saturated carbocycles. The molecule has 2 aromatic rings. The molecule has 1 aliphatic heterocycles. The lowest BCUT2D eigenvalue weighted by molar-refractivity contribution is 0.442. The molecule has 1 fully saturated rings. The number of rotatable bonds is 0. The van der Waals surface area contributed by atoms with E-state index in [9.17, 15) is 0 Å². The summed E-state index contributed by atoms with van der Waals surface area (Å²) < 4.78 is 5.95. The Labute approximate surface area is 105 Å². The highest BCUT2D eigenvalue weighted by Crippen LogP contribution is 2.61. The number of nitrogen functional groups attached to an aromatic ring is 2. The molecular weight excluding hydrogens is 224 g/mol. The highest BCUT2D eigenvalue weighted by molar-refractivity contribution is 5.66. The van der Waals surface area contributed by atoms with Gasteiger partial charge in [-0.15, -0.1) is 0 Å². The van der Waals surface area contributed by atoms with Gasteiger partial charge in [0.25, 0.3) is 0 Å². The normalized spacial score (nSPS) is 17.8. The summed E-state index contributed by atoms with van der Waals surface area (Å²) in [5.74, 6) is 1.81. The summed E-state index contributed by atoms with van der Waals surface area (Å²) in [5.41, 5.74) is 15.9. The van der Waals surface area contributed by atoms with Crippen molar-refractivity contribution in [3.63, 3.8) is 0 Å². The summed E-state index contributed by atoms with van der Waals surface area (Å²) in [5, 5.41) is 0. The zero-order valence-electron chi connectivity index (χ0n) is 9.94. The summed E-state index contributed by atoms with van der Waals surface area (Å²) in [6.45, 7) is 0. The Morgan fingerprint density at radius 1 is 0.833 bits per heavy atom. The van der Waals surface area contributed by atoms with Crippen molar-refractivity contribution in [1.29, 1.82) is 0 Å². The Morgan fingerprint density at radius 3 is 2.33 bits per heavy atom. The summed E-state index contributed by atoms with van der Waals surface area (Å²) >= 11 is 0. The first-order valence-corrected chi connectivity index (χ1v) is 6.17. The quantitative estimate of drug-likeness (QED) is 0.693. The maximum absolute atomic E-state index is 5.95. The lowest BCUT2D eigenvalue weighted by atomic mass is 9.84. The highest BCUT2D eigenvalue weighted by atomic mass is 16.5. The van der Waals surface area contributed by atoms with Crippen molar-refractivity contribution < 1.29 is 4.74 Å². The van der Waals surface area contributed by atoms with Crippen LogP contribution in [0.3, 0.4) is 0 Å². The molecule has 4 rings (SSSR count). The van der Waals surface area contributed by atoms with Crippen molar-refractivity contribution in [1.82, 2.24) is 0 Å². The van der Waals surface area contributed by atoms with Crippen LogP contribution in [0.15, 0.2) is 36.4 Å². The van der Waals surface area contributed by atoms with Gasteiger partial charge >= 0.3 is 0 Å². The number of hydrogen-bond donors (Lipinski definition) is 2. The van der Waals surface area contributed by atoms with Crippen LogP contribution in [0.5, 0.6) is 11.5 Å². The summed E-state index contributed by atoms with van der Waals surface area (Å²) in [6, 6.07) is 11.8. The Hall–Kier alpha value is -2.16. The van der Waals surface area contributed by atoms with Gasteiger partial charge < -0.3 is 16.2 Å². The van der Waals surface area contributed by atoms with E-state index in [0.29, 0.717) is 0 Å². The second-order valence-electron chi connectivity index (χ2n) is 5.20. The molecule has 0 radical (unpaired) electrons. The van der Waals surface area contributed by atoms with Gasteiger partial charge in [-0.1, -0.05) is 6.07 Å². The van der Waals surface area contributed by atoms with Crippen molar-refractivity contribution in [3.8, 4) is 11.5 Å². The molecule has 4 N–H and O–H groups in total. The van der Waals surface area contributed by atoms with E-state index in [2.05, 4.69) is 6.07 Å². The van der Waals surface area contributed by atoms with Crippen LogP contribution in [-0.4, -0.2) is 0 Å². The van der Waals surface area contributed by atoms with Gasteiger partial charge in [0.05, 0.1) is 0 Å². The Balaban J connectivity index is 1.98. The third kappa shape index (κ3) is 1.13. The molecule has 90 valence electrons. The highest BCUT2D eigenvalue weighted by Gasteiger charge is 2.51. The number of fused-ring (bicyclic) bond motifs is 4. The van der Waals surface area contributed by atoms with Crippen LogP contribution in [0.25, 0.3) is 0 Å². The molecule has 3 heteroatoms. The minimum absolute atomic E-state index is 0.117. The molecular formula is C15H14N2O. The molecule has 0 saturated heterocycles. The first kappa shape index (κ1) is 9.83. The number of anilines is 2. The lowest BCUT2D eigenvalue weighted by Gasteiger charge is -2.28. The van der Waals surface area contributed by atoms with E-state index in [1.807, 2.05) is 30.3 Å². The van der Waals surface area contributed by atoms with E-state index < -0.39 is 0 Å². The third-order valence-electron chi connectivity index (χ3n) is 4.01. The zero-order valence-corrected chi connectivity index (χ0v) is 9.94. The van der Waals surface area contributed by atoms with Gasteiger partial charge in [0, 0.05) is 34.0 Å². The average molecular weight is 238 g/mol. The Kier molecular flexibility index (Phi) is 1.63. The second-order valence-corrected chi connectivity index (χ2v) is 5.20. The predicted octanol–water partition coefficient (Wildman–Crippen LogP) is 3.04. The van der Waals surface area contributed by atoms with Gasteiger partial charge in [0.1, 0.15) is 11.5 Å². The second kappa shape index (κ2) is 2.99. The van der Waals surface area contributed by atoms with Gasteiger partial charge in [-0.25, -0.2) is 0 Å². The van der Waals surface area contributed by atoms with E-state index in [-0.39, 0.29) is 5.41 Å². The van der Waals surface area contributed by atoms with Gasteiger partial charge in [-0.3, -0.25) is 0 Å². The lowest BCUT2D eigenvalue weighted by Crippen LogP contribution is -2.16. The molecule has 2 aromatic carbocycles. The summed E-state index contributed by atoms with van der Waals surface area (Å²) in [7, 11) is 0. The van der Waals surface area contributed by atoms with E-state index in [4.69, 9.17) is 16.2 Å². The van der Waals surface area contributed by atoms with E-state index in [1.54, 1.807) is 0 Å². The van der Waals surface area contributed by atoms with Crippen molar-refractivity contribution in [2.24, 2.45) is 0 Å². The number of nitrogens with two attached hydrogens (primary N) is 2. The maximum atomic E-state index is 5.95. The Morgan fingerprint density at radius 2 is 1.56 bits per heavy atom. The number of ether oxygens (including phenoxy) is 1. The van der Waals surface area contributed by atoms with Crippen molar-refractivity contribution in [2.75, 3.05) is 11.5 Å².